The van der Waals surface area contributed by atoms with Crippen molar-refractivity contribution >= 4 is 39.5 Å². The number of hydrogen-bond donors (Lipinski definition) is 4. The molecule has 1 aliphatic rings. The van der Waals surface area contributed by atoms with E-state index in [2.05, 4.69) is 30.7 Å². The first-order chi connectivity index (χ1) is 16.2. The van der Waals surface area contributed by atoms with Crippen LogP contribution < -0.4 is 15.5 Å². The van der Waals surface area contributed by atoms with Crippen LogP contribution in [0.3, 0.4) is 0 Å². The van der Waals surface area contributed by atoms with Crippen LogP contribution in [0.5, 0.6) is 5.88 Å². The number of hydrogen-bond acceptors (Lipinski definition) is 7. The molecule has 1 fully saturated rings. The van der Waals surface area contributed by atoms with Crippen molar-refractivity contribution < 1.29 is 9.90 Å². The Hall–Kier alpha value is -4.44. The number of carbonyl (C=O) groups excluding carboxylic acids is 1. The van der Waals surface area contributed by atoms with Gasteiger partial charge in [-0.2, -0.15) is 5.10 Å². The third-order valence-electron chi connectivity index (χ3n) is 5.80. The normalized spacial score (nSPS) is 14.3. The van der Waals surface area contributed by atoms with Gasteiger partial charge >= 0.3 is 0 Å². The maximum atomic E-state index is 12.1. The van der Waals surface area contributed by atoms with Crippen LogP contribution in [0.2, 0.25) is 0 Å². The van der Waals surface area contributed by atoms with E-state index in [1.807, 2.05) is 42.5 Å². The minimum Gasteiger partial charge on any atom is -0.494 e. The molecule has 0 saturated carbocycles. The SMILES string of the molecule is O=C1CNCCN1c1ccc(Nc2ncc(-c3ccc4c(O)[nH]cc4c3)n3ncnc23)cc1. The van der Waals surface area contributed by atoms with Crippen molar-refractivity contribution in [2.24, 2.45) is 0 Å². The van der Waals surface area contributed by atoms with E-state index in [9.17, 15) is 9.90 Å². The summed E-state index contributed by atoms with van der Waals surface area (Å²) >= 11 is 0. The third kappa shape index (κ3) is 3.33. The van der Waals surface area contributed by atoms with Crippen LogP contribution in [-0.4, -0.2) is 55.2 Å². The lowest BCUT2D eigenvalue weighted by Gasteiger charge is -2.27. The van der Waals surface area contributed by atoms with Crippen LogP contribution in [0.25, 0.3) is 27.7 Å². The number of nitrogens with one attached hydrogen (secondary N) is 3. The van der Waals surface area contributed by atoms with E-state index in [-0.39, 0.29) is 11.8 Å². The Balaban J connectivity index is 1.30. The van der Waals surface area contributed by atoms with E-state index in [0.717, 1.165) is 39.9 Å². The molecule has 4 heterocycles. The highest BCUT2D eigenvalue weighted by atomic mass is 16.3. The maximum absolute atomic E-state index is 12.1. The molecule has 5 aromatic rings. The average molecular weight is 440 g/mol. The molecule has 33 heavy (non-hydrogen) atoms. The van der Waals surface area contributed by atoms with Crippen molar-refractivity contribution in [3.8, 4) is 17.1 Å². The van der Waals surface area contributed by atoms with Gasteiger partial charge in [-0.3, -0.25) is 4.79 Å². The number of amides is 1. The molecule has 0 radical (unpaired) electrons. The molecular weight excluding hydrogens is 420 g/mol. The largest absolute Gasteiger partial charge is 0.494 e. The third-order valence-corrected chi connectivity index (χ3v) is 5.80. The van der Waals surface area contributed by atoms with Gasteiger partial charge in [-0.25, -0.2) is 14.5 Å². The Kier molecular flexibility index (Phi) is 4.44. The Bertz CT molecular complexity index is 1490. The minimum absolute atomic E-state index is 0.0671. The summed E-state index contributed by atoms with van der Waals surface area (Å²) in [7, 11) is 0. The van der Waals surface area contributed by atoms with Gasteiger partial charge in [0.15, 0.2) is 17.3 Å². The topological polar surface area (TPSA) is 123 Å². The summed E-state index contributed by atoms with van der Waals surface area (Å²) in [5.41, 5.74) is 3.97. The molecule has 0 atom stereocenters. The number of piperazine rings is 1. The highest BCUT2D eigenvalue weighted by Gasteiger charge is 2.19. The summed E-state index contributed by atoms with van der Waals surface area (Å²) in [4.78, 5) is 25.7. The average Bonchev–Trinajstić information content (AvgIpc) is 3.48. The molecule has 6 rings (SSSR count). The van der Waals surface area contributed by atoms with Crippen molar-refractivity contribution in [3.05, 3.63) is 61.2 Å². The molecule has 1 saturated heterocycles. The quantitative estimate of drug-likeness (QED) is 0.339. The molecule has 164 valence electrons. The number of fused-ring (bicyclic) bond motifs is 2. The number of aromatic nitrogens is 5. The second kappa shape index (κ2) is 7.61. The van der Waals surface area contributed by atoms with Crippen molar-refractivity contribution in [1.29, 1.82) is 0 Å². The molecule has 0 bridgehead atoms. The van der Waals surface area contributed by atoms with Gasteiger partial charge in [-0.1, -0.05) is 6.07 Å². The molecule has 10 nitrogen and oxygen atoms in total. The second-order valence-electron chi connectivity index (χ2n) is 7.82. The number of carbonyl (C=O) groups is 1. The van der Waals surface area contributed by atoms with Gasteiger partial charge in [0.2, 0.25) is 5.91 Å². The van der Waals surface area contributed by atoms with Gasteiger partial charge in [0, 0.05) is 47.0 Å². The number of H-pyrrole nitrogens is 1. The molecule has 10 heteroatoms. The van der Waals surface area contributed by atoms with E-state index in [4.69, 9.17) is 0 Å². The highest BCUT2D eigenvalue weighted by Crippen LogP contribution is 2.30. The summed E-state index contributed by atoms with van der Waals surface area (Å²) in [6.07, 6.45) is 4.99. The summed E-state index contributed by atoms with van der Waals surface area (Å²) < 4.78 is 1.73. The summed E-state index contributed by atoms with van der Waals surface area (Å²) in [5, 5.41) is 22.3. The van der Waals surface area contributed by atoms with Crippen molar-refractivity contribution in [2.45, 2.75) is 0 Å². The first-order valence-corrected chi connectivity index (χ1v) is 10.5. The van der Waals surface area contributed by atoms with Crippen LogP contribution >= 0.6 is 0 Å². The van der Waals surface area contributed by atoms with E-state index >= 15 is 0 Å². The summed E-state index contributed by atoms with van der Waals surface area (Å²) in [6, 6.07) is 13.4. The Morgan fingerprint density at radius 2 is 1.97 bits per heavy atom. The fraction of sp³-hybridized carbons (Fsp3) is 0.130. The zero-order valence-corrected chi connectivity index (χ0v) is 17.5. The Morgan fingerprint density at radius 1 is 1.09 bits per heavy atom. The van der Waals surface area contributed by atoms with Crippen LogP contribution in [-0.2, 0) is 4.79 Å². The molecular formula is C23H20N8O2. The zero-order chi connectivity index (χ0) is 22.4. The number of aromatic hydroxyl groups is 1. The van der Waals surface area contributed by atoms with Gasteiger partial charge < -0.3 is 25.6 Å². The van der Waals surface area contributed by atoms with Gasteiger partial charge in [0.25, 0.3) is 0 Å². The molecule has 0 unspecified atom stereocenters. The number of benzene rings is 2. The lowest BCUT2D eigenvalue weighted by molar-refractivity contribution is -0.118. The number of aromatic amines is 1. The molecule has 1 amide bonds. The fourth-order valence-electron chi connectivity index (χ4n) is 4.12. The predicted octanol–water partition coefficient (Wildman–Crippen LogP) is 2.66. The van der Waals surface area contributed by atoms with Crippen molar-refractivity contribution in [1.82, 2.24) is 29.9 Å². The van der Waals surface area contributed by atoms with Crippen LogP contribution in [0.15, 0.2) is 61.2 Å². The predicted molar refractivity (Wildman–Crippen MR) is 125 cm³/mol. The number of rotatable bonds is 4. The first kappa shape index (κ1) is 19.3. The molecule has 3 aromatic heterocycles. The standard InChI is InChI=1S/C23H20N8O2/c32-20-12-24-7-8-30(20)17-4-2-16(3-5-17)29-21-22-27-13-28-31(22)19(11-25-21)14-1-6-18-15(9-14)10-26-23(18)33/h1-6,9-11,13,24,26,33H,7-8,12H2,(H,25,29). The van der Waals surface area contributed by atoms with E-state index in [0.29, 0.717) is 24.6 Å². The number of nitrogens with zero attached hydrogens (tertiary/aromatic N) is 5. The van der Waals surface area contributed by atoms with E-state index < -0.39 is 0 Å². The fourth-order valence-corrected chi connectivity index (χ4v) is 4.12. The summed E-state index contributed by atoms with van der Waals surface area (Å²) in [6.45, 7) is 1.80. The van der Waals surface area contributed by atoms with Crippen LogP contribution in [0.4, 0.5) is 17.2 Å². The molecule has 0 spiro atoms. The molecule has 2 aromatic carbocycles. The minimum atomic E-state index is 0.0671. The van der Waals surface area contributed by atoms with Gasteiger partial charge in [0.05, 0.1) is 18.4 Å². The first-order valence-electron chi connectivity index (χ1n) is 10.5. The molecule has 1 aliphatic heterocycles. The van der Waals surface area contributed by atoms with Crippen LogP contribution in [0.1, 0.15) is 0 Å². The maximum Gasteiger partial charge on any atom is 0.240 e. The lowest BCUT2D eigenvalue weighted by atomic mass is 10.1. The van der Waals surface area contributed by atoms with Gasteiger partial charge in [0.1, 0.15) is 6.33 Å². The monoisotopic (exact) mass is 440 g/mol. The Labute approximate surface area is 187 Å². The number of anilines is 3. The Morgan fingerprint density at radius 3 is 2.82 bits per heavy atom. The van der Waals surface area contributed by atoms with E-state index in [1.54, 1.807) is 21.8 Å². The zero-order valence-electron chi connectivity index (χ0n) is 17.5. The highest BCUT2D eigenvalue weighted by molar-refractivity contribution is 5.95. The van der Waals surface area contributed by atoms with Gasteiger partial charge in [-0.15, -0.1) is 0 Å². The molecule has 4 N–H and O–H groups in total. The van der Waals surface area contributed by atoms with E-state index in [1.165, 1.54) is 6.33 Å². The summed E-state index contributed by atoms with van der Waals surface area (Å²) in [5.74, 6) is 0.785. The second-order valence-corrected chi connectivity index (χ2v) is 7.82. The van der Waals surface area contributed by atoms with Crippen LogP contribution in [0, 0.1) is 0 Å². The van der Waals surface area contributed by atoms with Crippen molar-refractivity contribution in [3.63, 3.8) is 0 Å². The van der Waals surface area contributed by atoms with Gasteiger partial charge in [-0.05, 0) is 36.4 Å². The smallest absolute Gasteiger partial charge is 0.240 e. The molecule has 0 aliphatic carbocycles. The van der Waals surface area contributed by atoms with Crippen molar-refractivity contribution in [2.75, 3.05) is 29.9 Å². The lowest BCUT2D eigenvalue weighted by Crippen LogP contribution is -2.48.